The van der Waals surface area contributed by atoms with Gasteiger partial charge in [-0.15, -0.1) is 0 Å². The van der Waals surface area contributed by atoms with Crippen LogP contribution in [0.3, 0.4) is 0 Å². The number of amides is 2. The molecule has 0 saturated carbocycles. The normalized spacial score (nSPS) is 16.1. The van der Waals surface area contributed by atoms with Crippen LogP contribution in [-0.4, -0.2) is 89.8 Å². The van der Waals surface area contributed by atoms with E-state index in [0.717, 1.165) is 11.1 Å². The molecule has 0 aromatic heterocycles. The molecule has 2 aliphatic heterocycles. The maximum atomic E-state index is 15.0. The number of hydrogen-bond donors (Lipinski definition) is 3. The second kappa shape index (κ2) is 18.5. The van der Waals surface area contributed by atoms with Crippen molar-refractivity contribution in [2.75, 3.05) is 39.3 Å². The summed E-state index contributed by atoms with van der Waals surface area (Å²) in [5.74, 6) is 0. The number of alkyl carbamates (subject to hydrolysis) is 2. The summed E-state index contributed by atoms with van der Waals surface area (Å²) in [6.07, 6.45) is -1.15. The molecule has 2 heterocycles. The predicted molar refractivity (Wildman–Crippen MR) is 169 cm³/mol. The van der Waals surface area contributed by atoms with Crippen molar-refractivity contribution in [2.24, 2.45) is 0 Å². The maximum Gasteiger partial charge on any atom is 0.407 e. The first-order chi connectivity index (χ1) is 19.1. The number of benzene rings is 2. The van der Waals surface area contributed by atoms with E-state index in [2.05, 4.69) is 45.1 Å². The molecular formula is C32H52F2N4O6Pd. The number of alkyl halides is 2. The summed E-state index contributed by atoms with van der Waals surface area (Å²) >= 11 is 0. The molecule has 4 rings (SSSR count). The fourth-order valence-corrected chi connectivity index (χ4v) is 4.47. The van der Waals surface area contributed by atoms with Gasteiger partial charge in [0.25, 0.3) is 0 Å². The van der Waals surface area contributed by atoms with Crippen LogP contribution in [0.25, 0.3) is 0 Å². The first-order valence-corrected chi connectivity index (χ1v) is 13.9. The van der Waals surface area contributed by atoms with Crippen LogP contribution in [0.4, 0.5) is 18.4 Å². The Labute approximate surface area is 280 Å². The Balaban J connectivity index is 0. The molecule has 0 aliphatic carbocycles. The minimum Gasteiger partial charge on any atom is -0.444 e. The van der Waals surface area contributed by atoms with Crippen LogP contribution in [0.5, 0.6) is 0 Å². The average Bonchev–Trinajstić information content (AvgIpc) is 2.84. The van der Waals surface area contributed by atoms with E-state index in [4.69, 9.17) is 9.47 Å². The Morgan fingerprint density at radius 2 is 1.13 bits per heavy atom. The van der Waals surface area contributed by atoms with Crippen LogP contribution >= 0.6 is 0 Å². The van der Waals surface area contributed by atoms with Crippen molar-refractivity contribution >= 4 is 12.2 Å². The van der Waals surface area contributed by atoms with Gasteiger partial charge < -0.3 is 36.4 Å². The maximum absolute atomic E-state index is 15.0. The second-order valence-corrected chi connectivity index (χ2v) is 12.7. The van der Waals surface area contributed by atoms with Gasteiger partial charge in [0.05, 0.1) is 19.1 Å². The third kappa shape index (κ3) is 15.0. The van der Waals surface area contributed by atoms with Crippen molar-refractivity contribution in [3.8, 4) is 0 Å². The quantitative estimate of drug-likeness (QED) is 0.364. The van der Waals surface area contributed by atoms with Crippen molar-refractivity contribution in [3.05, 3.63) is 71.8 Å². The number of likely N-dealkylation sites (tertiary alicyclic amines) is 1. The fourth-order valence-electron chi connectivity index (χ4n) is 4.47. The van der Waals surface area contributed by atoms with Crippen molar-refractivity contribution in [1.29, 1.82) is 0 Å². The van der Waals surface area contributed by atoms with Gasteiger partial charge in [0, 0.05) is 46.6 Å². The fraction of sp³-hybridized carbons (Fsp3) is 0.562. The second-order valence-electron chi connectivity index (χ2n) is 12.7. The molecule has 7 N–H and O–H groups in total. The van der Waals surface area contributed by atoms with Crippen molar-refractivity contribution < 1.29 is 59.2 Å². The van der Waals surface area contributed by atoms with Gasteiger partial charge in [0.15, 0.2) is 11.3 Å². The molecule has 2 aromatic carbocycles. The summed E-state index contributed by atoms with van der Waals surface area (Å²) in [6, 6.07) is 20.2. The Kier molecular flexibility index (Phi) is 18.3. The Morgan fingerprint density at radius 1 is 0.778 bits per heavy atom. The largest absolute Gasteiger partial charge is 0.444 e. The van der Waals surface area contributed by atoms with Crippen LogP contribution in [0.2, 0.25) is 0 Å². The molecule has 0 atom stereocenters. The van der Waals surface area contributed by atoms with Gasteiger partial charge in [-0.2, -0.15) is 0 Å². The smallest absolute Gasteiger partial charge is 0.407 e. The third-order valence-corrected chi connectivity index (χ3v) is 6.35. The van der Waals surface area contributed by atoms with E-state index in [-0.39, 0.29) is 71.0 Å². The van der Waals surface area contributed by atoms with Gasteiger partial charge >= 0.3 is 12.2 Å². The Bertz CT molecular complexity index is 1100. The SMILES string of the molecule is C.CC(C)(C)OC(=O)NCC1(F)CN(C(c2ccccc2)c2ccccc2)C1.CC(C)(C)OC(=O)NCC1(F)CNC1.O.O.[Pd]. The summed E-state index contributed by atoms with van der Waals surface area (Å²) in [6.45, 7) is 11.7. The summed E-state index contributed by atoms with van der Waals surface area (Å²) < 4.78 is 38.5. The van der Waals surface area contributed by atoms with Crippen LogP contribution in [0.1, 0.15) is 66.1 Å². The van der Waals surface area contributed by atoms with E-state index in [1.807, 2.05) is 36.4 Å². The van der Waals surface area contributed by atoms with Crippen molar-refractivity contribution in [2.45, 2.75) is 77.6 Å². The van der Waals surface area contributed by atoms with Gasteiger partial charge in [-0.05, 0) is 52.7 Å². The minimum absolute atomic E-state index is 0. The van der Waals surface area contributed by atoms with Crippen LogP contribution < -0.4 is 16.0 Å². The van der Waals surface area contributed by atoms with Gasteiger partial charge in [-0.1, -0.05) is 68.1 Å². The van der Waals surface area contributed by atoms with Gasteiger partial charge in [-0.3, -0.25) is 4.90 Å². The third-order valence-electron chi connectivity index (χ3n) is 6.35. The summed E-state index contributed by atoms with van der Waals surface area (Å²) in [4.78, 5) is 25.0. The van der Waals surface area contributed by atoms with Gasteiger partial charge in [0.1, 0.15) is 11.2 Å². The molecule has 0 unspecified atom stereocenters. The van der Waals surface area contributed by atoms with Gasteiger partial charge in [0.2, 0.25) is 0 Å². The molecule has 260 valence electrons. The van der Waals surface area contributed by atoms with Crippen LogP contribution in [0, 0.1) is 0 Å². The number of hydrogen-bond acceptors (Lipinski definition) is 6. The summed E-state index contributed by atoms with van der Waals surface area (Å²) in [5.41, 5.74) is -1.61. The van der Waals surface area contributed by atoms with E-state index in [9.17, 15) is 14.0 Å². The number of carbonyl (C=O) groups excluding carboxylic acids is 2. The van der Waals surface area contributed by atoms with E-state index in [1.165, 1.54) is 0 Å². The molecule has 2 aromatic rings. The van der Waals surface area contributed by atoms with E-state index >= 15 is 4.39 Å². The van der Waals surface area contributed by atoms with Crippen molar-refractivity contribution in [1.82, 2.24) is 20.9 Å². The monoisotopic (exact) mass is 732 g/mol. The zero-order valence-electron chi connectivity index (χ0n) is 26.2. The minimum atomic E-state index is -1.45. The Hall–Kier alpha value is -2.66. The van der Waals surface area contributed by atoms with Crippen molar-refractivity contribution in [3.63, 3.8) is 0 Å². The molecule has 10 nitrogen and oxygen atoms in total. The molecule has 0 radical (unpaired) electrons. The molecule has 2 amide bonds. The van der Waals surface area contributed by atoms with E-state index in [0.29, 0.717) is 13.1 Å². The number of rotatable bonds is 7. The molecule has 2 fully saturated rings. The van der Waals surface area contributed by atoms with E-state index < -0.39 is 34.7 Å². The van der Waals surface area contributed by atoms with Crippen LogP contribution in [0.15, 0.2) is 60.7 Å². The number of carbonyl (C=O) groups is 2. The van der Waals surface area contributed by atoms with E-state index in [1.54, 1.807) is 41.5 Å². The zero-order chi connectivity index (χ0) is 30.3. The number of nitrogens with one attached hydrogen (secondary N) is 3. The number of ether oxygens (including phenoxy) is 2. The molecular weight excluding hydrogens is 681 g/mol. The Morgan fingerprint density at radius 3 is 1.44 bits per heavy atom. The first-order valence-electron chi connectivity index (χ1n) is 13.9. The topological polar surface area (TPSA) is 155 Å². The first kappa shape index (κ1) is 44.5. The van der Waals surface area contributed by atoms with Crippen LogP contribution in [-0.2, 0) is 29.9 Å². The van der Waals surface area contributed by atoms with Gasteiger partial charge in [-0.25, -0.2) is 18.4 Å². The predicted octanol–water partition coefficient (Wildman–Crippen LogP) is 4.13. The summed E-state index contributed by atoms with van der Waals surface area (Å²) in [7, 11) is 0. The number of nitrogens with zero attached hydrogens (tertiary/aromatic N) is 1. The molecule has 0 bridgehead atoms. The molecule has 0 spiro atoms. The molecule has 45 heavy (non-hydrogen) atoms. The molecule has 2 saturated heterocycles. The molecule has 2 aliphatic rings. The standard InChI is InChI=1S/C22H27FN2O2.C9H17FN2O2.CH4.2H2O.Pd/c1-21(2,3)27-20(26)24-14-22(23)15-25(16-22)19(17-10-6-4-7-11-17)18-12-8-5-9-13-18;1-8(2,3)14-7(13)12-6-9(10)4-11-5-9;;;;/h4-13,19H,14-16H2,1-3H3,(H,24,26);11H,4-6H2,1-3H3,(H,12,13);1H4;2*1H2;. The zero-order valence-corrected chi connectivity index (χ0v) is 27.8. The average molecular weight is 733 g/mol. The molecule has 13 heteroatoms. The number of halogens is 2. The summed E-state index contributed by atoms with van der Waals surface area (Å²) in [5, 5.41) is 7.77.